The molecule has 0 radical (unpaired) electrons. The van der Waals surface area contributed by atoms with Gasteiger partial charge in [0, 0.05) is 17.6 Å². The summed E-state index contributed by atoms with van der Waals surface area (Å²) in [6.45, 7) is -0.223. The standard InChI is InChI=1S/C23H21ClF2O6S2/c24-14-2-1-3-15(5-4-14)34(29,30)23-9-10-31-19(8-11-33-13-20(27)28)16(23)12-32-22-18(26)7-6-17(25)21(22)23/h1-2,4-7,16,19H,8-13H2,(H,27,28). The van der Waals surface area contributed by atoms with Crippen LogP contribution in [0.4, 0.5) is 8.78 Å². The minimum atomic E-state index is -4.36. The van der Waals surface area contributed by atoms with E-state index in [4.69, 9.17) is 26.2 Å². The van der Waals surface area contributed by atoms with Gasteiger partial charge >= 0.3 is 5.97 Å². The van der Waals surface area contributed by atoms with Crippen LogP contribution < -0.4 is 4.74 Å². The maximum absolute atomic E-state index is 15.3. The summed E-state index contributed by atoms with van der Waals surface area (Å²) in [5, 5.41) is 9.16. The van der Waals surface area contributed by atoms with Crippen molar-refractivity contribution in [3.63, 3.8) is 0 Å². The van der Waals surface area contributed by atoms with Gasteiger partial charge in [0.1, 0.15) is 15.5 Å². The van der Waals surface area contributed by atoms with E-state index in [2.05, 4.69) is 5.73 Å². The molecule has 2 aliphatic heterocycles. The Balaban J connectivity index is 1.84. The molecule has 2 heterocycles. The predicted octanol–water partition coefficient (Wildman–Crippen LogP) is 4.31. The zero-order valence-electron chi connectivity index (χ0n) is 17.8. The number of carboxylic acid groups (broad SMARTS) is 1. The molecule has 0 aromatic heterocycles. The van der Waals surface area contributed by atoms with Crippen molar-refractivity contribution in [1.29, 1.82) is 0 Å². The van der Waals surface area contributed by atoms with Gasteiger partial charge in [0.15, 0.2) is 21.4 Å². The molecule has 34 heavy (non-hydrogen) atoms. The van der Waals surface area contributed by atoms with Crippen LogP contribution in [-0.2, 0) is 24.1 Å². The van der Waals surface area contributed by atoms with E-state index in [9.17, 15) is 17.6 Å². The fraction of sp³-hybridized carbons (Fsp3) is 0.391. The summed E-state index contributed by atoms with van der Waals surface area (Å²) >= 11 is 7.17. The van der Waals surface area contributed by atoms with Crippen LogP contribution in [0.25, 0.3) is 0 Å². The third kappa shape index (κ3) is 4.33. The summed E-state index contributed by atoms with van der Waals surface area (Å²) in [5.74, 6) is -3.72. The number of aliphatic carboxylic acids is 1. The number of rotatable bonds is 7. The minimum Gasteiger partial charge on any atom is -0.490 e. The molecule has 3 unspecified atom stereocenters. The number of thioether (sulfide) groups is 1. The Morgan fingerprint density at radius 2 is 2.06 bits per heavy atom. The Morgan fingerprint density at radius 1 is 1.29 bits per heavy atom. The molecule has 6 nitrogen and oxygen atoms in total. The normalized spacial score (nSPS) is 26.0. The third-order valence-corrected chi connectivity index (χ3v) is 9.88. The van der Waals surface area contributed by atoms with Gasteiger partial charge in [0.2, 0.25) is 0 Å². The number of carboxylic acids is 1. The van der Waals surface area contributed by atoms with Crippen molar-refractivity contribution in [3.05, 3.63) is 69.3 Å². The maximum Gasteiger partial charge on any atom is 0.313 e. The van der Waals surface area contributed by atoms with E-state index in [0.29, 0.717) is 12.2 Å². The van der Waals surface area contributed by atoms with Crippen molar-refractivity contribution in [3.8, 4) is 5.75 Å². The van der Waals surface area contributed by atoms with Gasteiger partial charge in [-0.2, -0.15) is 11.8 Å². The molecule has 0 saturated carbocycles. The molecule has 0 amide bonds. The second kappa shape index (κ2) is 9.87. The fourth-order valence-electron chi connectivity index (χ4n) is 4.70. The fourth-order valence-corrected chi connectivity index (χ4v) is 7.83. The summed E-state index contributed by atoms with van der Waals surface area (Å²) < 4.78 is 68.1. The van der Waals surface area contributed by atoms with Gasteiger partial charge in [-0.1, -0.05) is 11.6 Å². The van der Waals surface area contributed by atoms with Crippen molar-refractivity contribution in [2.24, 2.45) is 5.92 Å². The van der Waals surface area contributed by atoms with E-state index in [0.717, 1.165) is 23.9 Å². The number of hydrogen-bond donors (Lipinski definition) is 1. The first kappa shape index (κ1) is 25.0. The molecule has 11 heteroatoms. The van der Waals surface area contributed by atoms with Crippen molar-refractivity contribution < 1.29 is 36.6 Å². The van der Waals surface area contributed by atoms with Crippen molar-refractivity contribution in [2.75, 3.05) is 24.7 Å². The van der Waals surface area contributed by atoms with Gasteiger partial charge in [0.05, 0.1) is 24.0 Å². The zero-order valence-corrected chi connectivity index (χ0v) is 20.2. The number of hydrogen-bond acceptors (Lipinski definition) is 6. The third-order valence-electron chi connectivity index (χ3n) is 6.15. The summed E-state index contributed by atoms with van der Waals surface area (Å²) in [6, 6.07) is 1.80. The van der Waals surface area contributed by atoms with Crippen LogP contribution in [0.2, 0.25) is 0 Å². The molecule has 0 bridgehead atoms. The number of fused-ring (bicyclic) bond motifs is 3. The van der Waals surface area contributed by atoms with Gasteiger partial charge in [-0.05, 0) is 55.0 Å². The number of allylic oxidation sites excluding steroid dienone is 4. The average Bonchev–Trinajstić information content (AvgIpc) is 3.03. The highest BCUT2D eigenvalue weighted by atomic mass is 35.5. The Labute approximate surface area is 204 Å². The minimum absolute atomic E-state index is 0.0148. The SMILES string of the molecule is O=C(O)CSCCC1OCCC2(S(=O)(=O)C3=C=CC=C(Cl)C=C3)c3c(F)ccc(F)c3OCC12. The first-order valence-electron chi connectivity index (χ1n) is 10.5. The van der Waals surface area contributed by atoms with Crippen molar-refractivity contribution in [2.45, 2.75) is 23.7 Å². The van der Waals surface area contributed by atoms with E-state index in [1.165, 1.54) is 24.3 Å². The molecular formula is C23H21ClF2O6S2. The monoisotopic (exact) mass is 530 g/mol. The quantitative estimate of drug-likeness (QED) is 0.415. The van der Waals surface area contributed by atoms with Crippen LogP contribution in [0, 0.1) is 17.6 Å². The van der Waals surface area contributed by atoms with Crippen LogP contribution >= 0.6 is 23.4 Å². The highest BCUT2D eigenvalue weighted by molar-refractivity contribution is 7.99. The molecule has 1 aromatic carbocycles. The molecule has 0 spiro atoms. The number of halogens is 3. The number of benzene rings is 1. The van der Waals surface area contributed by atoms with E-state index < -0.39 is 50.0 Å². The van der Waals surface area contributed by atoms with Crippen LogP contribution in [0.3, 0.4) is 0 Å². The van der Waals surface area contributed by atoms with Gasteiger partial charge in [0.25, 0.3) is 0 Å². The van der Waals surface area contributed by atoms with E-state index >= 15 is 4.39 Å². The first-order chi connectivity index (χ1) is 16.2. The lowest BCUT2D eigenvalue weighted by Gasteiger charge is -2.50. The Hall–Kier alpha value is -2.10. The Morgan fingerprint density at radius 3 is 2.82 bits per heavy atom. The lowest BCUT2D eigenvalue weighted by molar-refractivity contribution is -0.133. The van der Waals surface area contributed by atoms with Gasteiger partial charge < -0.3 is 14.6 Å². The summed E-state index contributed by atoms with van der Waals surface area (Å²) in [4.78, 5) is 10.6. The molecule has 3 aliphatic rings. The molecule has 1 N–H and O–H groups in total. The van der Waals surface area contributed by atoms with Crippen LogP contribution in [-0.4, -0.2) is 50.3 Å². The highest BCUT2D eigenvalue weighted by Crippen LogP contribution is 2.56. The molecule has 4 rings (SSSR count). The molecule has 1 aromatic rings. The van der Waals surface area contributed by atoms with Gasteiger partial charge in [-0.3, -0.25) is 4.79 Å². The molecular weight excluding hydrogens is 510 g/mol. The summed E-state index contributed by atoms with van der Waals surface area (Å²) in [6.07, 6.45) is 5.05. The number of ether oxygens (including phenoxy) is 2. The smallest absolute Gasteiger partial charge is 0.313 e. The van der Waals surface area contributed by atoms with Gasteiger partial charge in [-0.15, -0.1) is 5.73 Å². The molecule has 3 atom stereocenters. The van der Waals surface area contributed by atoms with E-state index in [1.54, 1.807) is 0 Å². The largest absolute Gasteiger partial charge is 0.490 e. The molecule has 1 aliphatic carbocycles. The highest BCUT2D eigenvalue weighted by Gasteiger charge is 2.61. The van der Waals surface area contributed by atoms with Gasteiger partial charge in [-0.25, -0.2) is 17.2 Å². The molecule has 1 saturated heterocycles. The van der Waals surface area contributed by atoms with E-state index in [1.807, 2.05) is 0 Å². The lowest BCUT2D eigenvalue weighted by Crippen LogP contribution is -2.57. The maximum atomic E-state index is 15.3. The second-order valence-electron chi connectivity index (χ2n) is 8.00. The van der Waals surface area contributed by atoms with Crippen molar-refractivity contribution >= 4 is 39.2 Å². The Bertz CT molecular complexity index is 1240. The average molecular weight is 531 g/mol. The number of sulfone groups is 1. The molecule has 1 fully saturated rings. The zero-order chi connectivity index (χ0) is 24.5. The van der Waals surface area contributed by atoms with Crippen LogP contribution in [0.5, 0.6) is 5.75 Å². The summed E-state index contributed by atoms with van der Waals surface area (Å²) in [5.41, 5.74) is 2.36. The summed E-state index contributed by atoms with van der Waals surface area (Å²) in [7, 11) is -4.36. The van der Waals surface area contributed by atoms with Crippen molar-refractivity contribution in [1.82, 2.24) is 0 Å². The Kier molecular flexibility index (Phi) is 7.26. The number of carbonyl (C=O) groups is 1. The first-order valence-corrected chi connectivity index (χ1v) is 13.5. The van der Waals surface area contributed by atoms with Crippen LogP contribution in [0.15, 0.2) is 52.1 Å². The topological polar surface area (TPSA) is 89.9 Å². The second-order valence-corrected chi connectivity index (χ2v) is 11.7. The molecule has 182 valence electrons. The van der Waals surface area contributed by atoms with E-state index in [-0.39, 0.29) is 40.9 Å². The lowest BCUT2D eigenvalue weighted by atomic mass is 9.75. The predicted molar refractivity (Wildman–Crippen MR) is 125 cm³/mol. The van der Waals surface area contributed by atoms with Crippen LogP contribution in [0.1, 0.15) is 18.4 Å².